The molecule has 0 radical (unpaired) electrons. The van der Waals surface area contributed by atoms with E-state index in [1.165, 1.54) is 69.7 Å². The van der Waals surface area contributed by atoms with Crippen LogP contribution in [0.15, 0.2) is 16.9 Å². The third-order valence-corrected chi connectivity index (χ3v) is 7.59. The summed E-state index contributed by atoms with van der Waals surface area (Å²) in [5.41, 5.74) is 0.0880. The van der Waals surface area contributed by atoms with Crippen molar-refractivity contribution in [3.63, 3.8) is 0 Å². The Labute approximate surface area is 171 Å². The van der Waals surface area contributed by atoms with E-state index in [1.807, 2.05) is 10.0 Å². The predicted molar refractivity (Wildman–Crippen MR) is 115 cm³/mol. The molecule has 0 N–H and O–H groups in total. The number of hydrogen-bond acceptors (Lipinski definition) is 5. The monoisotopic (exact) mass is 404 g/mol. The number of aromatic nitrogens is 1. The van der Waals surface area contributed by atoms with Gasteiger partial charge in [-0.2, -0.15) is 0 Å². The van der Waals surface area contributed by atoms with Crippen LogP contribution in [-0.2, 0) is 6.54 Å². The summed E-state index contributed by atoms with van der Waals surface area (Å²) in [6.45, 7) is 4.66. The van der Waals surface area contributed by atoms with E-state index in [0.29, 0.717) is 11.5 Å². The van der Waals surface area contributed by atoms with Gasteiger partial charge in [-0.3, -0.25) is 8.75 Å². The fraction of sp³-hybridized carbons (Fsp3) is 0.682. The molecule has 1 aromatic heterocycles. The lowest BCUT2D eigenvalue weighted by atomic mass is 9.84. The Morgan fingerprint density at radius 1 is 0.929 bits per heavy atom. The van der Waals surface area contributed by atoms with Gasteiger partial charge in [-0.05, 0) is 63.0 Å². The molecule has 3 aliphatic rings. The average Bonchev–Trinajstić information content (AvgIpc) is 2.87. The van der Waals surface area contributed by atoms with Crippen LogP contribution in [0, 0.1) is 11.8 Å². The van der Waals surface area contributed by atoms with Gasteiger partial charge in [0.25, 0.3) is 5.56 Å². The van der Waals surface area contributed by atoms with E-state index in [0.717, 1.165) is 34.9 Å². The zero-order valence-corrected chi connectivity index (χ0v) is 17.9. The fourth-order valence-electron chi connectivity index (χ4n) is 4.90. The molecule has 3 fully saturated rings. The largest absolute Gasteiger partial charge is 0.493 e. The maximum absolute atomic E-state index is 12.7. The summed E-state index contributed by atoms with van der Waals surface area (Å²) in [6, 6.07) is 3.71. The molecule has 0 atom stereocenters. The highest BCUT2D eigenvalue weighted by atomic mass is 32.1. The quantitative estimate of drug-likeness (QED) is 0.613. The van der Waals surface area contributed by atoms with Crippen molar-refractivity contribution < 1.29 is 9.47 Å². The van der Waals surface area contributed by atoms with Gasteiger partial charge in [0.15, 0.2) is 11.5 Å². The number of rotatable bonds is 8. The van der Waals surface area contributed by atoms with E-state index in [9.17, 15) is 4.79 Å². The van der Waals surface area contributed by atoms with Gasteiger partial charge in [0, 0.05) is 25.7 Å². The summed E-state index contributed by atoms with van der Waals surface area (Å²) in [6.07, 6.45) is 9.27. The Kier molecular flexibility index (Phi) is 6.26. The van der Waals surface area contributed by atoms with Crippen LogP contribution in [0.4, 0.5) is 0 Å². The van der Waals surface area contributed by atoms with Gasteiger partial charge in [-0.25, -0.2) is 0 Å². The number of methoxy groups -OCH3 is 2. The molecule has 154 valence electrons. The Balaban J connectivity index is 1.29. The molecule has 3 heterocycles. The molecule has 28 heavy (non-hydrogen) atoms. The number of hydrogen-bond donors (Lipinski definition) is 0. The van der Waals surface area contributed by atoms with E-state index in [4.69, 9.17) is 9.47 Å². The van der Waals surface area contributed by atoms with Crippen molar-refractivity contribution in [3.8, 4) is 11.5 Å². The molecule has 2 aliphatic heterocycles. The number of benzene rings is 1. The molecule has 1 aliphatic carbocycles. The first-order valence-corrected chi connectivity index (χ1v) is 11.4. The van der Waals surface area contributed by atoms with E-state index < -0.39 is 0 Å². The standard InChI is InChI=1S/C22H32N2O3S/c1-26-19-12-18-21(13-20(19)27-2)28-24(22(18)25)11-5-3-4-10-23-14-16-6-7-17(15-23)9-8-16/h12-13,16-17H,3-11,14-15H2,1-2H3. The Hall–Kier alpha value is -1.53. The number of ether oxygens (including phenoxy) is 2. The topological polar surface area (TPSA) is 43.7 Å². The minimum absolute atomic E-state index is 0.0880. The Morgan fingerprint density at radius 3 is 2.18 bits per heavy atom. The van der Waals surface area contributed by atoms with E-state index >= 15 is 0 Å². The summed E-state index contributed by atoms with van der Waals surface area (Å²) in [7, 11) is 3.23. The summed E-state index contributed by atoms with van der Waals surface area (Å²) in [5.74, 6) is 3.19. The minimum Gasteiger partial charge on any atom is -0.493 e. The molecular formula is C22H32N2O3S. The van der Waals surface area contributed by atoms with Crippen molar-refractivity contribution in [2.24, 2.45) is 11.8 Å². The van der Waals surface area contributed by atoms with Gasteiger partial charge < -0.3 is 14.4 Å². The maximum Gasteiger partial charge on any atom is 0.268 e. The van der Waals surface area contributed by atoms with Gasteiger partial charge >= 0.3 is 0 Å². The summed E-state index contributed by atoms with van der Waals surface area (Å²) < 4.78 is 13.5. The zero-order chi connectivity index (χ0) is 19.5. The van der Waals surface area contributed by atoms with Gasteiger partial charge in [0.05, 0.1) is 24.3 Å². The second-order valence-corrected chi connectivity index (χ2v) is 9.47. The number of nitrogens with zero attached hydrogens (tertiary/aromatic N) is 2. The van der Waals surface area contributed by atoms with Gasteiger partial charge in [0.2, 0.25) is 0 Å². The van der Waals surface area contributed by atoms with Crippen LogP contribution in [0.5, 0.6) is 11.5 Å². The molecule has 5 rings (SSSR count). The summed E-state index contributed by atoms with van der Waals surface area (Å²) in [4.78, 5) is 15.4. The van der Waals surface area contributed by atoms with Gasteiger partial charge in [-0.1, -0.05) is 18.0 Å². The highest BCUT2D eigenvalue weighted by Gasteiger charge is 2.28. The van der Waals surface area contributed by atoms with Crippen molar-refractivity contribution in [2.75, 3.05) is 33.9 Å². The van der Waals surface area contributed by atoms with Crippen LogP contribution >= 0.6 is 11.5 Å². The maximum atomic E-state index is 12.7. The van der Waals surface area contributed by atoms with E-state index in [-0.39, 0.29) is 5.56 Å². The van der Waals surface area contributed by atoms with Crippen LogP contribution in [0.3, 0.4) is 0 Å². The van der Waals surface area contributed by atoms with Crippen molar-refractivity contribution in [1.29, 1.82) is 0 Å². The summed E-state index contributed by atoms with van der Waals surface area (Å²) in [5, 5.41) is 0.725. The average molecular weight is 405 g/mol. The molecule has 2 bridgehead atoms. The lowest BCUT2D eigenvalue weighted by molar-refractivity contribution is 0.246. The molecule has 1 aromatic carbocycles. The van der Waals surface area contributed by atoms with Gasteiger partial charge in [-0.15, -0.1) is 0 Å². The van der Waals surface area contributed by atoms with Crippen molar-refractivity contribution >= 4 is 21.6 Å². The number of fused-ring (bicyclic) bond motifs is 5. The van der Waals surface area contributed by atoms with Crippen LogP contribution in [-0.4, -0.2) is 42.7 Å². The normalized spacial score (nSPS) is 22.5. The molecule has 2 saturated heterocycles. The Bertz CT molecular complexity index is 837. The lowest BCUT2D eigenvalue weighted by Gasteiger charge is -2.22. The third kappa shape index (κ3) is 4.23. The smallest absolute Gasteiger partial charge is 0.268 e. The van der Waals surface area contributed by atoms with Gasteiger partial charge in [0.1, 0.15) is 0 Å². The fourth-order valence-corrected chi connectivity index (χ4v) is 5.94. The first-order chi connectivity index (χ1) is 13.7. The van der Waals surface area contributed by atoms with E-state index in [2.05, 4.69) is 4.90 Å². The zero-order valence-electron chi connectivity index (χ0n) is 17.1. The lowest BCUT2D eigenvalue weighted by Crippen LogP contribution is -2.29. The van der Waals surface area contributed by atoms with Crippen LogP contribution in [0.2, 0.25) is 0 Å². The van der Waals surface area contributed by atoms with E-state index in [1.54, 1.807) is 20.3 Å². The molecule has 2 aromatic rings. The highest BCUT2D eigenvalue weighted by Crippen LogP contribution is 2.34. The van der Waals surface area contributed by atoms with Crippen LogP contribution in [0.25, 0.3) is 10.1 Å². The molecule has 0 unspecified atom stereocenters. The van der Waals surface area contributed by atoms with Crippen molar-refractivity contribution in [3.05, 3.63) is 22.5 Å². The second kappa shape index (κ2) is 8.87. The third-order valence-electron chi connectivity index (χ3n) is 6.49. The highest BCUT2D eigenvalue weighted by molar-refractivity contribution is 7.13. The Morgan fingerprint density at radius 2 is 1.54 bits per heavy atom. The summed E-state index contributed by atoms with van der Waals surface area (Å²) >= 11 is 1.53. The first kappa shape index (κ1) is 19.8. The van der Waals surface area contributed by atoms with Crippen LogP contribution in [0.1, 0.15) is 44.9 Å². The second-order valence-electron chi connectivity index (χ2n) is 8.41. The first-order valence-electron chi connectivity index (χ1n) is 10.7. The molecular weight excluding hydrogens is 372 g/mol. The molecule has 5 nitrogen and oxygen atoms in total. The molecule has 0 spiro atoms. The van der Waals surface area contributed by atoms with Crippen molar-refractivity contribution in [2.45, 2.75) is 51.5 Å². The SMILES string of the molecule is COc1cc2sn(CCCCCN3CC4CCC(CC4)C3)c(=O)c2cc1OC. The number of unbranched alkanes of at least 4 members (excludes halogenated alkanes) is 2. The van der Waals surface area contributed by atoms with Crippen LogP contribution < -0.4 is 15.0 Å². The molecule has 0 amide bonds. The predicted octanol–water partition coefficient (Wildman–Crippen LogP) is 4.37. The molecule has 1 saturated carbocycles. The molecule has 6 heteroatoms. The minimum atomic E-state index is 0.0880. The van der Waals surface area contributed by atoms with Crippen molar-refractivity contribution in [1.82, 2.24) is 8.86 Å². The number of aryl methyl sites for hydroxylation is 1.